The Bertz CT molecular complexity index is 706. The molecule has 1 aromatic heterocycles. The van der Waals surface area contributed by atoms with Crippen molar-refractivity contribution in [1.29, 1.82) is 0 Å². The predicted octanol–water partition coefficient (Wildman–Crippen LogP) is 3.77. The Balaban J connectivity index is 1.88. The molecule has 0 radical (unpaired) electrons. The van der Waals surface area contributed by atoms with Crippen LogP contribution in [0.4, 0.5) is 5.69 Å². The van der Waals surface area contributed by atoms with Gasteiger partial charge in [-0.1, -0.05) is 30.3 Å². The van der Waals surface area contributed by atoms with Crippen LogP contribution in [-0.4, -0.2) is 12.0 Å². The molecular formula is C17H14N2. The van der Waals surface area contributed by atoms with Crippen LogP contribution < -0.4 is 4.90 Å². The van der Waals surface area contributed by atoms with Gasteiger partial charge in [-0.3, -0.25) is 4.98 Å². The second kappa shape index (κ2) is 3.82. The van der Waals surface area contributed by atoms with Crippen molar-refractivity contribution < 1.29 is 0 Å². The van der Waals surface area contributed by atoms with E-state index in [2.05, 4.69) is 66.5 Å². The molecule has 2 aliphatic heterocycles. The second-order valence-electron chi connectivity index (χ2n) is 5.04. The van der Waals surface area contributed by atoms with Crippen molar-refractivity contribution in [3.63, 3.8) is 0 Å². The van der Waals surface area contributed by atoms with Gasteiger partial charge in [0.05, 0.1) is 17.3 Å². The number of nitrogens with zero attached hydrogens (tertiary/aromatic N) is 2. The number of benzene rings is 2. The molecular weight excluding hydrogens is 232 g/mol. The van der Waals surface area contributed by atoms with Gasteiger partial charge in [0.2, 0.25) is 0 Å². The van der Waals surface area contributed by atoms with Gasteiger partial charge in [-0.25, -0.2) is 0 Å². The number of para-hydroxylation sites is 1. The van der Waals surface area contributed by atoms with E-state index in [4.69, 9.17) is 4.98 Å². The molecule has 3 aliphatic rings. The topological polar surface area (TPSA) is 16.1 Å². The lowest BCUT2D eigenvalue weighted by Gasteiger charge is -2.28. The molecule has 3 aromatic rings. The summed E-state index contributed by atoms with van der Waals surface area (Å²) in [6.45, 7) is 0. The van der Waals surface area contributed by atoms with Crippen LogP contribution in [0.3, 0.4) is 0 Å². The molecule has 92 valence electrons. The van der Waals surface area contributed by atoms with Crippen LogP contribution >= 0.6 is 0 Å². The lowest BCUT2D eigenvalue weighted by atomic mass is 10.0. The summed E-state index contributed by atoms with van der Waals surface area (Å²) < 4.78 is 0. The monoisotopic (exact) mass is 246 g/mol. The first-order valence-corrected chi connectivity index (χ1v) is 6.51. The molecule has 0 fully saturated rings. The fourth-order valence-electron chi connectivity index (χ4n) is 2.89. The first-order chi connectivity index (χ1) is 9.33. The van der Waals surface area contributed by atoms with Crippen molar-refractivity contribution in [3.8, 4) is 0 Å². The van der Waals surface area contributed by atoms with Gasteiger partial charge in [-0.2, -0.15) is 0 Å². The van der Waals surface area contributed by atoms with Crippen LogP contribution in [-0.2, 0) is 0 Å². The minimum Gasteiger partial charge on any atom is -0.362 e. The highest BCUT2D eigenvalue weighted by atomic mass is 15.1. The average Bonchev–Trinajstić information content (AvgIpc) is 2.80. The van der Waals surface area contributed by atoms with Gasteiger partial charge in [0, 0.05) is 18.1 Å². The fraction of sp³-hybridized carbons (Fsp3) is 0.118. The van der Waals surface area contributed by atoms with Gasteiger partial charge >= 0.3 is 0 Å². The van der Waals surface area contributed by atoms with E-state index in [-0.39, 0.29) is 6.04 Å². The van der Waals surface area contributed by atoms with E-state index in [0.29, 0.717) is 0 Å². The smallest absolute Gasteiger partial charge is 0.0963 e. The van der Waals surface area contributed by atoms with E-state index in [1.54, 1.807) is 0 Å². The normalized spacial score (nSPS) is 16.2. The molecule has 2 aromatic carbocycles. The van der Waals surface area contributed by atoms with Crippen LogP contribution in [0.15, 0.2) is 60.7 Å². The maximum absolute atomic E-state index is 4.76. The molecule has 2 nitrogen and oxygen atoms in total. The summed E-state index contributed by atoms with van der Waals surface area (Å²) in [5.74, 6) is 0. The summed E-state index contributed by atoms with van der Waals surface area (Å²) in [7, 11) is 2.13. The summed E-state index contributed by atoms with van der Waals surface area (Å²) >= 11 is 0. The number of aromatic nitrogens is 1. The van der Waals surface area contributed by atoms with E-state index in [1.165, 1.54) is 16.6 Å². The third-order valence-electron chi connectivity index (χ3n) is 3.88. The van der Waals surface area contributed by atoms with Crippen LogP contribution in [0.25, 0.3) is 10.9 Å². The molecule has 0 saturated heterocycles. The maximum atomic E-state index is 4.76. The molecule has 3 heterocycles. The van der Waals surface area contributed by atoms with Crippen molar-refractivity contribution in [2.75, 3.05) is 11.9 Å². The highest BCUT2D eigenvalue weighted by Crippen LogP contribution is 2.35. The number of hydrogen-bond donors (Lipinski definition) is 0. The fourth-order valence-corrected chi connectivity index (χ4v) is 2.89. The Labute approximate surface area is 112 Å². The Morgan fingerprint density at radius 3 is 2.63 bits per heavy atom. The zero-order chi connectivity index (χ0) is 12.8. The van der Waals surface area contributed by atoms with Crippen LogP contribution in [0.1, 0.15) is 17.3 Å². The molecule has 1 aliphatic carbocycles. The number of anilines is 1. The number of hydrogen-bond acceptors (Lipinski definition) is 2. The third-order valence-corrected chi connectivity index (χ3v) is 3.88. The van der Waals surface area contributed by atoms with Crippen molar-refractivity contribution in [1.82, 2.24) is 4.98 Å². The lowest BCUT2D eigenvalue weighted by molar-refractivity contribution is 0.767. The number of pyridine rings is 1. The van der Waals surface area contributed by atoms with E-state index < -0.39 is 0 Å². The van der Waals surface area contributed by atoms with Crippen molar-refractivity contribution >= 4 is 16.6 Å². The van der Waals surface area contributed by atoms with Gasteiger partial charge < -0.3 is 4.90 Å². The van der Waals surface area contributed by atoms with Crippen LogP contribution in [0.5, 0.6) is 0 Å². The molecule has 0 N–H and O–H groups in total. The quantitative estimate of drug-likeness (QED) is 0.684. The molecule has 0 saturated carbocycles. The van der Waals surface area contributed by atoms with E-state index >= 15 is 0 Å². The van der Waals surface area contributed by atoms with E-state index in [9.17, 15) is 0 Å². The number of rotatable bonds is 2. The van der Waals surface area contributed by atoms with Gasteiger partial charge in [0.1, 0.15) is 0 Å². The number of fused-ring (bicyclic) bond motifs is 2. The van der Waals surface area contributed by atoms with Crippen molar-refractivity contribution in [3.05, 3.63) is 71.9 Å². The first-order valence-electron chi connectivity index (χ1n) is 6.51. The lowest BCUT2D eigenvalue weighted by Crippen LogP contribution is -2.24. The minimum absolute atomic E-state index is 0.201. The highest BCUT2D eigenvalue weighted by molar-refractivity contribution is 5.81. The standard InChI is InChI=1S/C17H14N2/c1-19(14-5-3-2-4-6-14)17-13-8-9-15-12(11-13)7-10-16(17)18-15/h2-11,17H,1H3. The van der Waals surface area contributed by atoms with Crippen molar-refractivity contribution in [2.45, 2.75) is 6.04 Å². The van der Waals surface area contributed by atoms with Gasteiger partial charge in [0.15, 0.2) is 0 Å². The van der Waals surface area contributed by atoms with E-state index in [1.807, 2.05) is 6.07 Å². The molecule has 0 amide bonds. The SMILES string of the molecule is CN(c1ccccc1)C1c2ccc3nc1ccc3c2. The summed E-state index contributed by atoms with van der Waals surface area (Å²) in [6, 6.07) is 21.5. The largest absolute Gasteiger partial charge is 0.362 e. The highest BCUT2D eigenvalue weighted by Gasteiger charge is 2.24. The zero-order valence-electron chi connectivity index (χ0n) is 10.7. The Hall–Kier alpha value is -2.35. The first kappa shape index (κ1) is 10.6. The molecule has 0 spiro atoms. The molecule has 1 atom stereocenters. The van der Waals surface area contributed by atoms with Gasteiger partial charge in [-0.05, 0) is 35.9 Å². The second-order valence-corrected chi connectivity index (χ2v) is 5.04. The van der Waals surface area contributed by atoms with Gasteiger partial charge in [0.25, 0.3) is 0 Å². The summed E-state index contributed by atoms with van der Waals surface area (Å²) in [6.07, 6.45) is 0. The minimum atomic E-state index is 0.201. The third kappa shape index (κ3) is 1.53. The molecule has 2 heteroatoms. The summed E-state index contributed by atoms with van der Waals surface area (Å²) in [4.78, 5) is 7.05. The predicted molar refractivity (Wildman–Crippen MR) is 78.4 cm³/mol. The maximum Gasteiger partial charge on any atom is 0.0963 e. The van der Waals surface area contributed by atoms with E-state index in [0.717, 1.165) is 11.2 Å². The summed E-state index contributed by atoms with van der Waals surface area (Å²) in [5, 5.41) is 1.23. The molecule has 6 rings (SSSR count). The molecule has 19 heavy (non-hydrogen) atoms. The summed E-state index contributed by atoms with van der Waals surface area (Å²) in [5.41, 5.74) is 4.73. The van der Waals surface area contributed by atoms with Crippen LogP contribution in [0.2, 0.25) is 0 Å². The zero-order valence-corrected chi connectivity index (χ0v) is 10.7. The van der Waals surface area contributed by atoms with Gasteiger partial charge in [-0.15, -0.1) is 0 Å². The Morgan fingerprint density at radius 2 is 1.79 bits per heavy atom. The van der Waals surface area contributed by atoms with Crippen molar-refractivity contribution in [2.24, 2.45) is 0 Å². The Morgan fingerprint density at radius 1 is 0.947 bits per heavy atom. The van der Waals surface area contributed by atoms with Crippen LogP contribution in [0, 0.1) is 0 Å². The Kier molecular flexibility index (Phi) is 2.12. The molecule has 1 unspecified atom stereocenters. The molecule has 4 bridgehead atoms. The average molecular weight is 246 g/mol.